The van der Waals surface area contributed by atoms with Gasteiger partial charge in [-0.05, 0) is 25.2 Å². The molecule has 3 nitrogen and oxygen atoms in total. The molecule has 0 N–H and O–H groups in total. The molecule has 1 atom stereocenters. The lowest BCUT2D eigenvalue weighted by Crippen LogP contribution is -2.31. The maximum atomic E-state index is 11.5. The van der Waals surface area contributed by atoms with Crippen LogP contribution >= 0.6 is 0 Å². The molecule has 15 heavy (non-hydrogen) atoms. The van der Waals surface area contributed by atoms with Crippen LogP contribution in [0.25, 0.3) is 0 Å². The number of rotatable bonds is 3. The quantitative estimate of drug-likeness (QED) is 0.714. The van der Waals surface area contributed by atoms with E-state index in [0.29, 0.717) is 0 Å². The number of carbonyl (C=O) groups is 1. The lowest BCUT2D eigenvalue weighted by Gasteiger charge is -2.19. The Kier molecular flexibility index (Phi) is 5.17. The van der Waals surface area contributed by atoms with Crippen molar-refractivity contribution in [2.24, 2.45) is 5.92 Å². The van der Waals surface area contributed by atoms with E-state index in [-0.39, 0.29) is 12.3 Å². The van der Waals surface area contributed by atoms with Crippen LogP contribution in [0.1, 0.15) is 45.4 Å². The van der Waals surface area contributed by atoms with Gasteiger partial charge in [-0.25, -0.2) is 0 Å². The van der Waals surface area contributed by atoms with E-state index in [1.165, 1.54) is 19.3 Å². The maximum Gasteiger partial charge on any atom is 0.236 e. The third-order valence-electron chi connectivity index (χ3n) is 3.13. The van der Waals surface area contributed by atoms with Crippen LogP contribution in [0.3, 0.4) is 0 Å². The molecule has 1 amide bonds. The first-order valence-electron chi connectivity index (χ1n) is 5.92. The molecule has 3 heteroatoms. The SMILES string of the molecule is CCCC1CCCN(C(=O)CC#N)CC1. The van der Waals surface area contributed by atoms with Crippen molar-refractivity contribution in [3.8, 4) is 6.07 Å². The van der Waals surface area contributed by atoms with Gasteiger partial charge in [0.1, 0.15) is 6.42 Å². The van der Waals surface area contributed by atoms with Crippen molar-refractivity contribution < 1.29 is 4.79 Å². The summed E-state index contributed by atoms with van der Waals surface area (Å²) in [5, 5.41) is 8.48. The minimum Gasteiger partial charge on any atom is -0.342 e. The van der Waals surface area contributed by atoms with Crippen LogP contribution in [0.15, 0.2) is 0 Å². The minimum atomic E-state index is 0.00893. The van der Waals surface area contributed by atoms with Gasteiger partial charge in [-0.3, -0.25) is 4.79 Å². The van der Waals surface area contributed by atoms with Crippen molar-refractivity contribution >= 4 is 5.91 Å². The van der Waals surface area contributed by atoms with Gasteiger partial charge in [0.05, 0.1) is 6.07 Å². The maximum absolute atomic E-state index is 11.5. The van der Waals surface area contributed by atoms with Crippen LogP contribution in [-0.4, -0.2) is 23.9 Å². The van der Waals surface area contributed by atoms with E-state index in [9.17, 15) is 4.79 Å². The first kappa shape index (κ1) is 12.0. The zero-order valence-electron chi connectivity index (χ0n) is 9.54. The largest absolute Gasteiger partial charge is 0.342 e. The van der Waals surface area contributed by atoms with Gasteiger partial charge < -0.3 is 4.90 Å². The Labute approximate surface area is 92.1 Å². The van der Waals surface area contributed by atoms with E-state index < -0.39 is 0 Å². The summed E-state index contributed by atoms with van der Waals surface area (Å²) >= 11 is 0. The number of likely N-dealkylation sites (tertiary alicyclic amines) is 1. The molecule has 0 aromatic heterocycles. The van der Waals surface area contributed by atoms with E-state index in [4.69, 9.17) is 5.26 Å². The average Bonchev–Trinajstić information content (AvgIpc) is 2.44. The molecule has 1 unspecified atom stereocenters. The van der Waals surface area contributed by atoms with Crippen molar-refractivity contribution in [1.29, 1.82) is 5.26 Å². The fourth-order valence-electron chi connectivity index (χ4n) is 2.29. The highest BCUT2D eigenvalue weighted by molar-refractivity contribution is 5.78. The Morgan fingerprint density at radius 2 is 2.27 bits per heavy atom. The second-order valence-electron chi connectivity index (χ2n) is 4.30. The van der Waals surface area contributed by atoms with E-state index in [1.54, 1.807) is 0 Å². The van der Waals surface area contributed by atoms with Gasteiger partial charge in [0.15, 0.2) is 0 Å². The first-order valence-corrected chi connectivity index (χ1v) is 5.92. The number of carbonyl (C=O) groups excluding carboxylic acids is 1. The van der Waals surface area contributed by atoms with Gasteiger partial charge in [-0.15, -0.1) is 0 Å². The van der Waals surface area contributed by atoms with Gasteiger partial charge in [0.2, 0.25) is 5.91 Å². The fraction of sp³-hybridized carbons (Fsp3) is 0.833. The molecule has 0 radical (unpaired) electrons. The van der Waals surface area contributed by atoms with E-state index in [1.807, 2.05) is 11.0 Å². The highest BCUT2D eigenvalue weighted by Crippen LogP contribution is 2.22. The Balaban J connectivity index is 2.39. The number of hydrogen-bond acceptors (Lipinski definition) is 2. The Hall–Kier alpha value is -1.04. The summed E-state index contributed by atoms with van der Waals surface area (Å²) in [5.74, 6) is 0.796. The lowest BCUT2D eigenvalue weighted by atomic mass is 9.96. The van der Waals surface area contributed by atoms with Crippen LogP contribution in [0.4, 0.5) is 0 Å². The van der Waals surface area contributed by atoms with Crippen molar-refractivity contribution in [3.05, 3.63) is 0 Å². The molecule has 0 aliphatic carbocycles. The molecule has 1 rings (SSSR count). The summed E-state index contributed by atoms with van der Waals surface area (Å²) in [6.07, 6.45) is 6.01. The van der Waals surface area contributed by atoms with Gasteiger partial charge >= 0.3 is 0 Å². The lowest BCUT2D eigenvalue weighted by molar-refractivity contribution is -0.130. The molecule has 0 spiro atoms. The van der Waals surface area contributed by atoms with Crippen molar-refractivity contribution in [2.75, 3.05) is 13.1 Å². The third-order valence-corrected chi connectivity index (χ3v) is 3.13. The Morgan fingerprint density at radius 1 is 1.47 bits per heavy atom. The van der Waals surface area contributed by atoms with Crippen LogP contribution in [0.2, 0.25) is 0 Å². The highest BCUT2D eigenvalue weighted by atomic mass is 16.2. The second kappa shape index (κ2) is 6.44. The molecule has 1 fully saturated rings. The summed E-state index contributed by atoms with van der Waals surface area (Å²) in [7, 11) is 0. The van der Waals surface area contributed by atoms with Gasteiger partial charge in [0.25, 0.3) is 0 Å². The zero-order chi connectivity index (χ0) is 11.1. The molecule has 0 aromatic carbocycles. The van der Waals surface area contributed by atoms with Crippen LogP contribution in [0, 0.1) is 17.2 Å². The first-order chi connectivity index (χ1) is 7.27. The number of amides is 1. The monoisotopic (exact) mass is 208 g/mol. The van der Waals surface area contributed by atoms with Crippen LogP contribution < -0.4 is 0 Å². The Bertz CT molecular complexity index is 244. The smallest absolute Gasteiger partial charge is 0.236 e. The second-order valence-corrected chi connectivity index (χ2v) is 4.30. The Morgan fingerprint density at radius 3 is 2.93 bits per heavy atom. The van der Waals surface area contributed by atoms with Gasteiger partial charge in [-0.2, -0.15) is 5.26 Å². The summed E-state index contributed by atoms with van der Waals surface area (Å²) in [5.41, 5.74) is 0. The van der Waals surface area contributed by atoms with Gasteiger partial charge in [-0.1, -0.05) is 19.8 Å². The van der Waals surface area contributed by atoms with E-state index >= 15 is 0 Å². The van der Waals surface area contributed by atoms with Crippen LogP contribution in [-0.2, 0) is 4.79 Å². The molecule has 0 bridgehead atoms. The average molecular weight is 208 g/mol. The molecular formula is C12H20N2O. The number of hydrogen-bond donors (Lipinski definition) is 0. The molecule has 1 aliphatic rings. The van der Waals surface area contributed by atoms with Crippen molar-refractivity contribution in [1.82, 2.24) is 4.90 Å². The normalized spacial score (nSPS) is 21.9. The predicted octanol–water partition coefficient (Wildman–Crippen LogP) is 2.33. The molecule has 0 aromatic rings. The van der Waals surface area contributed by atoms with E-state index in [2.05, 4.69) is 6.92 Å². The molecule has 84 valence electrons. The van der Waals surface area contributed by atoms with Crippen molar-refractivity contribution in [3.63, 3.8) is 0 Å². The zero-order valence-corrected chi connectivity index (χ0v) is 9.54. The highest BCUT2D eigenvalue weighted by Gasteiger charge is 2.19. The molecule has 0 saturated carbocycles. The predicted molar refractivity (Wildman–Crippen MR) is 59.1 cm³/mol. The molecule has 1 heterocycles. The van der Waals surface area contributed by atoms with Crippen molar-refractivity contribution in [2.45, 2.75) is 45.4 Å². The standard InChI is InChI=1S/C12H20N2O/c1-2-4-11-5-3-9-14(10-7-11)12(15)6-8-13/h11H,2-7,9-10H2,1H3. The topological polar surface area (TPSA) is 44.1 Å². The molecule has 1 aliphatic heterocycles. The number of nitrogens with zero attached hydrogens (tertiary/aromatic N) is 2. The summed E-state index contributed by atoms with van der Waals surface area (Å²) in [4.78, 5) is 13.4. The number of nitriles is 1. The minimum absolute atomic E-state index is 0.00893. The fourth-order valence-corrected chi connectivity index (χ4v) is 2.29. The van der Waals surface area contributed by atoms with E-state index in [0.717, 1.165) is 31.8 Å². The summed E-state index contributed by atoms with van der Waals surface area (Å²) < 4.78 is 0. The summed E-state index contributed by atoms with van der Waals surface area (Å²) in [6.45, 7) is 3.91. The van der Waals surface area contributed by atoms with Gasteiger partial charge in [0, 0.05) is 13.1 Å². The molecular weight excluding hydrogens is 188 g/mol. The molecule has 1 saturated heterocycles. The third kappa shape index (κ3) is 3.91. The summed E-state index contributed by atoms with van der Waals surface area (Å²) in [6, 6.07) is 1.93. The van der Waals surface area contributed by atoms with Crippen LogP contribution in [0.5, 0.6) is 0 Å².